The van der Waals surface area contributed by atoms with Gasteiger partial charge in [0, 0.05) is 38.6 Å². The molecule has 0 amide bonds. The SMILES string of the molecule is CC(C(N)=S)N1CCN(CC2Cc3ccccc32)CC1. The molecule has 0 spiro atoms. The normalized spacial score (nSPS) is 24.8. The van der Waals surface area contributed by atoms with Gasteiger partial charge in [0.1, 0.15) is 0 Å². The predicted molar refractivity (Wildman–Crippen MR) is 87.1 cm³/mol. The maximum absolute atomic E-state index is 5.74. The maximum Gasteiger partial charge on any atom is 0.0899 e. The second-order valence-electron chi connectivity index (χ2n) is 6.01. The standard InChI is InChI=1S/C16H23N3S/c1-12(16(17)20)19-8-6-18(7-9-19)11-14-10-13-4-2-3-5-15(13)14/h2-5,12,14H,6-11H2,1H3,(H2,17,20). The van der Waals surface area contributed by atoms with Crippen LogP contribution >= 0.6 is 12.2 Å². The molecule has 2 N–H and O–H groups in total. The average Bonchev–Trinajstić information content (AvgIpc) is 2.44. The third-order valence-electron chi connectivity index (χ3n) is 4.81. The van der Waals surface area contributed by atoms with Crippen LogP contribution in [0.25, 0.3) is 0 Å². The molecule has 3 nitrogen and oxygen atoms in total. The van der Waals surface area contributed by atoms with E-state index < -0.39 is 0 Å². The minimum atomic E-state index is 0.233. The lowest BCUT2D eigenvalue weighted by molar-refractivity contribution is 0.115. The Morgan fingerprint density at radius 1 is 1.30 bits per heavy atom. The first-order valence-electron chi connectivity index (χ1n) is 7.48. The summed E-state index contributed by atoms with van der Waals surface area (Å²) in [6, 6.07) is 9.08. The van der Waals surface area contributed by atoms with Gasteiger partial charge in [0.2, 0.25) is 0 Å². The second kappa shape index (κ2) is 5.80. The first kappa shape index (κ1) is 14.0. The van der Waals surface area contributed by atoms with E-state index in [9.17, 15) is 0 Å². The minimum Gasteiger partial charge on any atom is -0.392 e. The number of nitrogens with two attached hydrogens (primary N) is 1. The number of hydrogen-bond acceptors (Lipinski definition) is 3. The van der Waals surface area contributed by atoms with Gasteiger partial charge in [0.05, 0.1) is 11.0 Å². The number of fused-ring (bicyclic) bond motifs is 1. The summed E-state index contributed by atoms with van der Waals surface area (Å²) in [6.45, 7) is 7.73. The monoisotopic (exact) mass is 289 g/mol. The van der Waals surface area contributed by atoms with Crippen LogP contribution in [0.15, 0.2) is 24.3 Å². The van der Waals surface area contributed by atoms with E-state index in [1.54, 1.807) is 11.1 Å². The average molecular weight is 289 g/mol. The lowest BCUT2D eigenvalue weighted by Gasteiger charge is -2.41. The number of rotatable bonds is 4. The lowest BCUT2D eigenvalue weighted by Crippen LogP contribution is -2.53. The number of hydrogen-bond donors (Lipinski definition) is 1. The summed E-state index contributed by atoms with van der Waals surface area (Å²) in [5.41, 5.74) is 8.84. The minimum absolute atomic E-state index is 0.233. The molecule has 2 unspecified atom stereocenters. The largest absolute Gasteiger partial charge is 0.392 e. The van der Waals surface area contributed by atoms with Crippen molar-refractivity contribution in [3.63, 3.8) is 0 Å². The summed E-state index contributed by atoms with van der Waals surface area (Å²) in [5.74, 6) is 0.741. The molecule has 3 rings (SSSR count). The summed E-state index contributed by atoms with van der Waals surface area (Å²) in [6.07, 6.45) is 1.25. The van der Waals surface area contributed by atoms with E-state index in [4.69, 9.17) is 18.0 Å². The van der Waals surface area contributed by atoms with Crippen molar-refractivity contribution in [2.24, 2.45) is 5.73 Å². The Balaban J connectivity index is 1.50. The van der Waals surface area contributed by atoms with Crippen LogP contribution in [-0.4, -0.2) is 53.6 Å². The van der Waals surface area contributed by atoms with Crippen molar-refractivity contribution in [3.05, 3.63) is 35.4 Å². The molecule has 0 aromatic heterocycles. The molecule has 0 radical (unpaired) electrons. The van der Waals surface area contributed by atoms with Gasteiger partial charge >= 0.3 is 0 Å². The van der Waals surface area contributed by atoms with E-state index in [-0.39, 0.29) is 6.04 Å². The summed E-state index contributed by atoms with van der Waals surface area (Å²) in [7, 11) is 0. The predicted octanol–water partition coefficient (Wildman–Crippen LogP) is 1.62. The van der Waals surface area contributed by atoms with Crippen molar-refractivity contribution in [3.8, 4) is 0 Å². The molecule has 0 bridgehead atoms. The van der Waals surface area contributed by atoms with E-state index in [0.717, 1.165) is 32.1 Å². The first-order chi connectivity index (χ1) is 9.65. The molecule has 1 aliphatic heterocycles. The van der Waals surface area contributed by atoms with Crippen LogP contribution in [0.1, 0.15) is 24.0 Å². The molecular weight excluding hydrogens is 266 g/mol. The van der Waals surface area contributed by atoms with Gasteiger partial charge in [-0.25, -0.2) is 0 Å². The third-order valence-corrected chi connectivity index (χ3v) is 5.15. The Kier molecular flexibility index (Phi) is 4.06. The van der Waals surface area contributed by atoms with Gasteiger partial charge in [-0.2, -0.15) is 0 Å². The highest BCUT2D eigenvalue weighted by molar-refractivity contribution is 7.80. The highest BCUT2D eigenvalue weighted by Crippen LogP contribution is 2.35. The molecule has 2 aliphatic rings. The molecule has 108 valence electrons. The molecule has 1 aromatic rings. The molecule has 0 saturated carbocycles. The fourth-order valence-electron chi connectivity index (χ4n) is 3.35. The lowest BCUT2D eigenvalue weighted by atomic mass is 9.77. The number of thiocarbonyl (C=S) groups is 1. The van der Waals surface area contributed by atoms with Gasteiger partial charge < -0.3 is 10.6 Å². The smallest absolute Gasteiger partial charge is 0.0899 e. The fourth-order valence-corrected chi connectivity index (χ4v) is 3.50. The zero-order valence-electron chi connectivity index (χ0n) is 12.1. The van der Waals surface area contributed by atoms with Gasteiger partial charge in [-0.3, -0.25) is 4.90 Å². The third kappa shape index (κ3) is 2.73. The van der Waals surface area contributed by atoms with Gasteiger partial charge in [-0.1, -0.05) is 36.5 Å². The van der Waals surface area contributed by atoms with Crippen LogP contribution in [0.5, 0.6) is 0 Å². The zero-order chi connectivity index (χ0) is 14.1. The van der Waals surface area contributed by atoms with Crippen LogP contribution in [0.4, 0.5) is 0 Å². The number of benzene rings is 1. The van der Waals surface area contributed by atoms with E-state index in [1.807, 2.05) is 0 Å². The Morgan fingerprint density at radius 3 is 2.65 bits per heavy atom. The molecule has 1 fully saturated rings. The van der Waals surface area contributed by atoms with Crippen molar-refractivity contribution < 1.29 is 0 Å². The topological polar surface area (TPSA) is 32.5 Å². The zero-order valence-corrected chi connectivity index (χ0v) is 12.9. The molecule has 4 heteroatoms. The van der Waals surface area contributed by atoms with Crippen LogP contribution in [0, 0.1) is 0 Å². The van der Waals surface area contributed by atoms with E-state index in [2.05, 4.69) is 41.0 Å². The maximum atomic E-state index is 5.74. The van der Waals surface area contributed by atoms with Crippen LogP contribution in [0.3, 0.4) is 0 Å². The quantitative estimate of drug-likeness (QED) is 0.854. The fraction of sp³-hybridized carbons (Fsp3) is 0.562. The Bertz CT molecular complexity index is 494. The highest BCUT2D eigenvalue weighted by Gasteiger charge is 2.29. The molecule has 1 saturated heterocycles. The van der Waals surface area contributed by atoms with E-state index >= 15 is 0 Å². The number of piperazine rings is 1. The molecular formula is C16H23N3S. The van der Waals surface area contributed by atoms with Gasteiger partial charge in [-0.05, 0) is 24.5 Å². The Labute approximate surface area is 126 Å². The molecule has 20 heavy (non-hydrogen) atoms. The van der Waals surface area contributed by atoms with Crippen molar-refractivity contribution in [1.82, 2.24) is 9.80 Å². The van der Waals surface area contributed by atoms with Crippen molar-refractivity contribution in [2.75, 3.05) is 32.7 Å². The van der Waals surface area contributed by atoms with Crippen molar-refractivity contribution in [2.45, 2.75) is 25.3 Å². The summed E-state index contributed by atoms with van der Waals surface area (Å²) < 4.78 is 0. The summed E-state index contributed by atoms with van der Waals surface area (Å²) in [4.78, 5) is 5.60. The first-order valence-corrected chi connectivity index (χ1v) is 7.89. The van der Waals surface area contributed by atoms with Gasteiger partial charge in [0.15, 0.2) is 0 Å². The molecule has 2 atom stereocenters. The Hall–Kier alpha value is -0.970. The van der Waals surface area contributed by atoms with E-state index in [1.165, 1.54) is 13.0 Å². The van der Waals surface area contributed by atoms with Crippen molar-refractivity contribution in [1.29, 1.82) is 0 Å². The summed E-state index contributed by atoms with van der Waals surface area (Å²) in [5, 5.41) is 0. The molecule has 1 aromatic carbocycles. The van der Waals surface area contributed by atoms with Crippen LogP contribution < -0.4 is 5.73 Å². The van der Waals surface area contributed by atoms with Crippen LogP contribution in [0.2, 0.25) is 0 Å². The van der Waals surface area contributed by atoms with Crippen molar-refractivity contribution >= 4 is 17.2 Å². The van der Waals surface area contributed by atoms with Crippen LogP contribution in [-0.2, 0) is 6.42 Å². The molecule has 1 aliphatic carbocycles. The van der Waals surface area contributed by atoms with E-state index in [0.29, 0.717) is 4.99 Å². The molecule has 1 heterocycles. The van der Waals surface area contributed by atoms with Gasteiger partial charge in [-0.15, -0.1) is 0 Å². The number of nitrogens with zero attached hydrogens (tertiary/aromatic N) is 2. The summed E-state index contributed by atoms with van der Waals surface area (Å²) >= 11 is 5.09. The highest BCUT2D eigenvalue weighted by atomic mass is 32.1. The van der Waals surface area contributed by atoms with Gasteiger partial charge in [0.25, 0.3) is 0 Å². The Morgan fingerprint density at radius 2 is 2.00 bits per heavy atom. The second-order valence-corrected chi connectivity index (χ2v) is 6.49.